The first-order valence-electron chi connectivity index (χ1n) is 7.80. The Morgan fingerprint density at radius 2 is 2.04 bits per heavy atom. The number of hydrogen-bond donors (Lipinski definition) is 1. The third-order valence-electron chi connectivity index (χ3n) is 4.44. The number of methoxy groups -OCH3 is 1. The summed E-state index contributed by atoms with van der Waals surface area (Å²) >= 11 is 0. The fourth-order valence-corrected chi connectivity index (χ4v) is 3.27. The van der Waals surface area contributed by atoms with Gasteiger partial charge in [-0.15, -0.1) is 0 Å². The second-order valence-electron chi connectivity index (χ2n) is 5.85. The van der Waals surface area contributed by atoms with Gasteiger partial charge in [-0.2, -0.15) is 5.10 Å². The first-order chi connectivity index (χ1) is 11.6. The van der Waals surface area contributed by atoms with Crippen LogP contribution in [0.5, 0.6) is 0 Å². The number of para-hydroxylation sites is 1. The molecule has 2 amide bonds. The molecule has 1 atom stereocenters. The van der Waals surface area contributed by atoms with Gasteiger partial charge in [0.15, 0.2) is 0 Å². The van der Waals surface area contributed by atoms with Gasteiger partial charge in [0.2, 0.25) is 5.91 Å². The van der Waals surface area contributed by atoms with Crippen molar-refractivity contribution in [2.24, 2.45) is 5.73 Å². The molecule has 1 aliphatic heterocycles. The maximum Gasteiger partial charge on any atom is 0.273 e. The van der Waals surface area contributed by atoms with Crippen molar-refractivity contribution in [2.45, 2.75) is 18.4 Å². The van der Waals surface area contributed by atoms with E-state index in [4.69, 9.17) is 10.5 Å². The van der Waals surface area contributed by atoms with E-state index in [1.807, 2.05) is 30.3 Å². The zero-order valence-electron chi connectivity index (χ0n) is 13.5. The van der Waals surface area contributed by atoms with Crippen LogP contribution < -0.4 is 5.73 Å². The average molecular weight is 328 g/mol. The maximum atomic E-state index is 13.1. The molecule has 1 unspecified atom stereocenters. The number of carbonyl (C=O) groups is 2. The quantitative estimate of drug-likeness (QED) is 0.886. The van der Waals surface area contributed by atoms with E-state index < -0.39 is 11.4 Å². The van der Waals surface area contributed by atoms with Crippen LogP contribution in [-0.2, 0) is 9.53 Å². The molecule has 0 saturated carbocycles. The lowest BCUT2D eigenvalue weighted by Crippen LogP contribution is -2.59. The average Bonchev–Trinajstić information content (AvgIpc) is 3.23. The van der Waals surface area contributed by atoms with Crippen LogP contribution in [0.25, 0.3) is 5.69 Å². The molecule has 0 radical (unpaired) electrons. The number of ether oxygens (including phenoxy) is 1. The third kappa shape index (κ3) is 2.56. The molecule has 2 heterocycles. The van der Waals surface area contributed by atoms with Crippen molar-refractivity contribution in [3.05, 3.63) is 48.3 Å². The van der Waals surface area contributed by atoms with E-state index in [-0.39, 0.29) is 12.5 Å². The Kier molecular flexibility index (Phi) is 4.35. The molecule has 1 saturated heterocycles. The number of likely N-dealkylation sites (tertiary alicyclic amines) is 1. The molecule has 1 fully saturated rings. The van der Waals surface area contributed by atoms with Crippen LogP contribution in [0.3, 0.4) is 0 Å². The van der Waals surface area contributed by atoms with Crippen molar-refractivity contribution in [1.29, 1.82) is 0 Å². The molecule has 1 aromatic heterocycles. The summed E-state index contributed by atoms with van der Waals surface area (Å²) in [6.07, 6.45) is 2.78. The molecular formula is C17H20N4O3. The summed E-state index contributed by atoms with van der Waals surface area (Å²) in [6.45, 7) is 0.554. The van der Waals surface area contributed by atoms with Crippen LogP contribution in [0.2, 0.25) is 0 Å². The van der Waals surface area contributed by atoms with Crippen LogP contribution in [0.1, 0.15) is 23.3 Å². The Morgan fingerprint density at radius 1 is 1.29 bits per heavy atom. The van der Waals surface area contributed by atoms with Crippen LogP contribution in [0.15, 0.2) is 42.6 Å². The standard InChI is InChI=1S/C17H20N4O3/c1-24-12-17(16(18)23)9-5-11-20(17)15(22)14-8-10-19-21(14)13-6-3-2-4-7-13/h2-4,6-8,10H,5,9,11-12H2,1H3,(H2,18,23). The Hall–Kier alpha value is -2.67. The Labute approximate surface area is 140 Å². The van der Waals surface area contributed by atoms with E-state index in [0.717, 1.165) is 5.69 Å². The number of primary amides is 1. The SMILES string of the molecule is COCC1(C(N)=O)CCCN1C(=O)c1ccnn1-c1ccccc1. The molecule has 3 rings (SSSR count). The highest BCUT2D eigenvalue weighted by atomic mass is 16.5. The number of hydrogen-bond acceptors (Lipinski definition) is 4. The van der Waals surface area contributed by atoms with Gasteiger partial charge in [-0.25, -0.2) is 4.68 Å². The number of nitrogens with two attached hydrogens (primary N) is 1. The van der Waals surface area contributed by atoms with E-state index >= 15 is 0 Å². The van der Waals surface area contributed by atoms with Crippen LogP contribution in [0.4, 0.5) is 0 Å². The smallest absolute Gasteiger partial charge is 0.273 e. The summed E-state index contributed by atoms with van der Waals surface area (Å²) in [6, 6.07) is 11.0. The fraction of sp³-hybridized carbons (Fsp3) is 0.353. The Balaban J connectivity index is 1.98. The van der Waals surface area contributed by atoms with Crippen molar-refractivity contribution < 1.29 is 14.3 Å². The molecule has 2 aromatic rings. The number of benzene rings is 1. The molecular weight excluding hydrogens is 308 g/mol. The first kappa shape index (κ1) is 16.2. The van der Waals surface area contributed by atoms with Crippen molar-refractivity contribution in [2.75, 3.05) is 20.3 Å². The molecule has 0 aliphatic carbocycles. The van der Waals surface area contributed by atoms with Gasteiger partial charge in [0, 0.05) is 13.7 Å². The molecule has 0 bridgehead atoms. The predicted molar refractivity (Wildman–Crippen MR) is 87.6 cm³/mol. The van der Waals surface area contributed by atoms with Gasteiger partial charge in [0.1, 0.15) is 11.2 Å². The normalized spacial score (nSPS) is 20.3. The lowest BCUT2D eigenvalue weighted by atomic mass is 9.96. The minimum Gasteiger partial charge on any atom is -0.382 e. The maximum absolute atomic E-state index is 13.1. The van der Waals surface area contributed by atoms with Crippen LogP contribution >= 0.6 is 0 Å². The third-order valence-corrected chi connectivity index (χ3v) is 4.44. The predicted octanol–water partition coefficient (Wildman–Crippen LogP) is 0.979. The summed E-state index contributed by atoms with van der Waals surface area (Å²) in [7, 11) is 1.50. The highest BCUT2D eigenvalue weighted by molar-refractivity contribution is 5.98. The minimum absolute atomic E-state index is 0.0908. The molecule has 1 aliphatic rings. The lowest BCUT2D eigenvalue weighted by Gasteiger charge is -2.35. The van der Waals surface area contributed by atoms with Gasteiger partial charge in [-0.05, 0) is 31.0 Å². The minimum atomic E-state index is -1.10. The van der Waals surface area contributed by atoms with Crippen molar-refractivity contribution in [3.8, 4) is 5.69 Å². The first-order valence-corrected chi connectivity index (χ1v) is 7.80. The number of aromatic nitrogens is 2. The van der Waals surface area contributed by atoms with Gasteiger partial charge < -0.3 is 15.4 Å². The molecule has 2 N–H and O–H groups in total. The Bertz CT molecular complexity index is 743. The summed E-state index contributed by atoms with van der Waals surface area (Å²) in [4.78, 5) is 26.7. The lowest BCUT2D eigenvalue weighted by molar-refractivity contribution is -0.130. The molecule has 7 heteroatoms. The van der Waals surface area contributed by atoms with E-state index in [2.05, 4.69) is 5.10 Å². The highest BCUT2D eigenvalue weighted by Crippen LogP contribution is 2.31. The zero-order valence-corrected chi connectivity index (χ0v) is 13.5. The zero-order chi connectivity index (χ0) is 17.2. The van der Waals surface area contributed by atoms with Gasteiger partial charge >= 0.3 is 0 Å². The summed E-state index contributed by atoms with van der Waals surface area (Å²) in [5.74, 6) is -0.814. The molecule has 24 heavy (non-hydrogen) atoms. The van der Waals surface area contributed by atoms with Crippen LogP contribution in [-0.4, -0.2) is 52.3 Å². The van der Waals surface area contributed by atoms with Gasteiger partial charge in [0.25, 0.3) is 5.91 Å². The highest BCUT2D eigenvalue weighted by Gasteiger charge is 2.49. The second-order valence-corrected chi connectivity index (χ2v) is 5.85. The molecule has 7 nitrogen and oxygen atoms in total. The summed E-state index contributed by atoms with van der Waals surface area (Å²) in [5, 5.41) is 4.24. The van der Waals surface area contributed by atoms with Crippen molar-refractivity contribution in [1.82, 2.24) is 14.7 Å². The molecule has 1 aromatic carbocycles. The largest absolute Gasteiger partial charge is 0.382 e. The van der Waals surface area contributed by atoms with E-state index in [9.17, 15) is 9.59 Å². The summed E-state index contributed by atoms with van der Waals surface area (Å²) in [5.41, 5.74) is 5.69. The summed E-state index contributed by atoms with van der Waals surface area (Å²) < 4.78 is 6.75. The van der Waals surface area contributed by atoms with E-state index in [1.54, 1.807) is 16.9 Å². The molecule has 126 valence electrons. The van der Waals surface area contributed by atoms with Crippen LogP contribution in [0, 0.1) is 0 Å². The second kappa shape index (κ2) is 6.45. The monoisotopic (exact) mass is 328 g/mol. The number of nitrogens with zero attached hydrogens (tertiary/aromatic N) is 3. The van der Waals surface area contributed by atoms with Gasteiger partial charge in [-0.3, -0.25) is 9.59 Å². The number of carbonyl (C=O) groups excluding carboxylic acids is 2. The Morgan fingerprint density at radius 3 is 2.71 bits per heavy atom. The molecule has 0 spiro atoms. The van der Waals surface area contributed by atoms with Gasteiger partial charge in [-0.1, -0.05) is 18.2 Å². The van der Waals surface area contributed by atoms with E-state index in [0.29, 0.717) is 25.1 Å². The number of rotatable bonds is 5. The van der Waals surface area contributed by atoms with Crippen molar-refractivity contribution >= 4 is 11.8 Å². The fourth-order valence-electron chi connectivity index (χ4n) is 3.27. The van der Waals surface area contributed by atoms with E-state index in [1.165, 1.54) is 12.0 Å². The topological polar surface area (TPSA) is 90.4 Å². The van der Waals surface area contributed by atoms with Crippen molar-refractivity contribution in [3.63, 3.8) is 0 Å². The van der Waals surface area contributed by atoms with Gasteiger partial charge in [0.05, 0.1) is 18.5 Å². The number of amides is 2.